The van der Waals surface area contributed by atoms with Gasteiger partial charge in [-0.15, -0.1) is 0 Å². The molecule has 2 aromatic rings. The van der Waals surface area contributed by atoms with Gasteiger partial charge in [0.2, 0.25) is 0 Å². The van der Waals surface area contributed by atoms with Crippen molar-refractivity contribution in [2.75, 3.05) is 0 Å². The van der Waals surface area contributed by atoms with Crippen molar-refractivity contribution in [1.29, 1.82) is 0 Å². The molecule has 2 rings (SSSR count). The van der Waals surface area contributed by atoms with Crippen molar-refractivity contribution >= 4 is 17.9 Å². The Balaban J connectivity index is 2.56. The zero-order valence-electron chi connectivity index (χ0n) is 9.07. The minimum absolute atomic E-state index is 0.479. The minimum atomic E-state index is 0.479. The zero-order chi connectivity index (χ0) is 11.7. The molecule has 0 bridgehead atoms. The maximum Gasteiger partial charge on any atom is 0.170 e. The van der Waals surface area contributed by atoms with Crippen LogP contribution in [-0.4, -0.2) is 15.8 Å². The van der Waals surface area contributed by atoms with Gasteiger partial charge in [0.1, 0.15) is 11.5 Å². The van der Waals surface area contributed by atoms with Crippen LogP contribution < -0.4 is 0 Å². The Hall–Kier alpha value is -1.61. The van der Waals surface area contributed by atoms with Crippen molar-refractivity contribution in [2.24, 2.45) is 7.05 Å². The van der Waals surface area contributed by atoms with E-state index < -0.39 is 0 Å². The fourth-order valence-corrected chi connectivity index (χ4v) is 1.70. The van der Waals surface area contributed by atoms with Crippen molar-refractivity contribution in [3.63, 3.8) is 0 Å². The SMILES string of the molecule is Cc1c(C=O)nc(-c2ccc(Cl)cc2)n1C. The second kappa shape index (κ2) is 4.10. The largest absolute Gasteiger partial charge is 0.331 e. The van der Waals surface area contributed by atoms with E-state index in [4.69, 9.17) is 11.6 Å². The Labute approximate surface area is 98.7 Å². The Morgan fingerprint density at radius 3 is 2.44 bits per heavy atom. The average molecular weight is 235 g/mol. The van der Waals surface area contributed by atoms with Crippen LogP contribution in [0, 0.1) is 6.92 Å². The van der Waals surface area contributed by atoms with Gasteiger partial charge < -0.3 is 4.57 Å². The molecule has 0 fully saturated rings. The van der Waals surface area contributed by atoms with E-state index in [0.29, 0.717) is 10.7 Å². The van der Waals surface area contributed by atoms with Crippen LogP contribution in [0.1, 0.15) is 16.2 Å². The molecule has 0 saturated carbocycles. The quantitative estimate of drug-likeness (QED) is 0.749. The second-order valence-electron chi connectivity index (χ2n) is 3.59. The average Bonchev–Trinajstić information content (AvgIpc) is 2.57. The van der Waals surface area contributed by atoms with Gasteiger partial charge in [-0.1, -0.05) is 11.6 Å². The minimum Gasteiger partial charge on any atom is -0.331 e. The first-order valence-electron chi connectivity index (χ1n) is 4.88. The van der Waals surface area contributed by atoms with Crippen LogP contribution >= 0.6 is 11.6 Å². The molecular weight excluding hydrogens is 224 g/mol. The lowest BCUT2D eigenvalue weighted by Gasteiger charge is -2.02. The topological polar surface area (TPSA) is 34.9 Å². The molecule has 1 aromatic heterocycles. The number of nitrogens with zero attached hydrogens (tertiary/aromatic N) is 2. The van der Waals surface area contributed by atoms with E-state index in [9.17, 15) is 4.79 Å². The molecule has 0 amide bonds. The molecule has 1 aromatic carbocycles. The van der Waals surface area contributed by atoms with Crippen LogP contribution in [-0.2, 0) is 7.05 Å². The zero-order valence-corrected chi connectivity index (χ0v) is 9.82. The predicted octanol–water partition coefficient (Wildman–Crippen LogP) is 2.86. The van der Waals surface area contributed by atoms with E-state index in [-0.39, 0.29) is 0 Å². The predicted molar refractivity (Wildman–Crippen MR) is 63.8 cm³/mol. The van der Waals surface area contributed by atoms with Crippen LogP contribution in [0.15, 0.2) is 24.3 Å². The van der Waals surface area contributed by atoms with Crippen molar-refractivity contribution in [2.45, 2.75) is 6.92 Å². The van der Waals surface area contributed by atoms with E-state index in [2.05, 4.69) is 4.98 Å². The molecule has 0 aliphatic heterocycles. The monoisotopic (exact) mass is 234 g/mol. The van der Waals surface area contributed by atoms with E-state index in [1.54, 1.807) is 0 Å². The third-order valence-corrected chi connectivity index (χ3v) is 2.88. The van der Waals surface area contributed by atoms with Crippen molar-refractivity contribution in [3.8, 4) is 11.4 Å². The van der Waals surface area contributed by atoms with Crippen LogP contribution in [0.5, 0.6) is 0 Å². The molecular formula is C12H11ClN2O. The molecule has 16 heavy (non-hydrogen) atoms. The van der Waals surface area contributed by atoms with Crippen LogP contribution in [0.3, 0.4) is 0 Å². The molecule has 82 valence electrons. The molecule has 1 heterocycles. The standard InChI is InChI=1S/C12H11ClN2O/c1-8-11(7-16)14-12(15(8)2)9-3-5-10(13)6-4-9/h3-7H,1-2H3. The first-order chi connectivity index (χ1) is 7.63. The van der Waals surface area contributed by atoms with E-state index in [0.717, 1.165) is 23.4 Å². The van der Waals surface area contributed by atoms with Gasteiger partial charge in [0, 0.05) is 23.3 Å². The van der Waals surface area contributed by atoms with Gasteiger partial charge in [-0.2, -0.15) is 0 Å². The smallest absolute Gasteiger partial charge is 0.170 e. The van der Waals surface area contributed by atoms with Gasteiger partial charge in [0.25, 0.3) is 0 Å². The number of benzene rings is 1. The van der Waals surface area contributed by atoms with Gasteiger partial charge in [0.05, 0.1) is 0 Å². The van der Waals surface area contributed by atoms with E-state index in [1.807, 2.05) is 42.8 Å². The number of imidazole rings is 1. The van der Waals surface area contributed by atoms with Crippen molar-refractivity contribution in [1.82, 2.24) is 9.55 Å². The Kier molecular flexibility index (Phi) is 2.79. The number of carbonyl (C=O) groups is 1. The van der Waals surface area contributed by atoms with E-state index >= 15 is 0 Å². The van der Waals surface area contributed by atoms with Gasteiger partial charge in [-0.25, -0.2) is 4.98 Å². The summed E-state index contributed by atoms with van der Waals surface area (Å²) in [5.41, 5.74) is 2.29. The summed E-state index contributed by atoms with van der Waals surface area (Å²) in [6, 6.07) is 7.39. The maximum atomic E-state index is 10.8. The third kappa shape index (κ3) is 1.74. The highest BCUT2D eigenvalue weighted by Crippen LogP contribution is 2.22. The Bertz CT molecular complexity index is 529. The molecule has 0 aliphatic carbocycles. The van der Waals surface area contributed by atoms with Crippen molar-refractivity contribution < 1.29 is 4.79 Å². The number of hydrogen-bond acceptors (Lipinski definition) is 2. The molecule has 4 heteroatoms. The first-order valence-corrected chi connectivity index (χ1v) is 5.25. The molecule has 0 N–H and O–H groups in total. The summed E-state index contributed by atoms with van der Waals surface area (Å²) in [4.78, 5) is 15.1. The van der Waals surface area contributed by atoms with Gasteiger partial charge in [-0.05, 0) is 31.2 Å². The summed E-state index contributed by atoms with van der Waals surface area (Å²) >= 11 is 5.82. The third-order valence-electron chi connectivity index (χ3n) is 2.63. The normalized spacial score (nSPS) is 10.4. The molecule has 0 aliphatic rings. The van der Waals surface area contributed by atoms with Crippen LogP contribution in [0.25, 0.3) is 11.4 Å². The van der Waals surface area contributed by atoms with Gasteiger partial charge in [-0.3, -0.25) is 4.79 Å². The molecule has 0 atom stereocenters. The summed E-state index contributed by atoms with van der Waals surface area (Å²) < 4.78 is 1.90. The van der Waals surface area contributed by atoms with Crippen LogP contribution in [0.4, 0.5) is 0 Å². The fraction of sp³-hybridized carbons (Fsp3) is 0.167. The van der Waals surface area contributed by atoms with E-state index in [1.165, 1.54) is 0 Å². The lowest BCUT2D eigenvalue weighted by molar-refractivity contribution is 0.111. The summed E-state index contributed by atoms with van der Waals surface area (Å²) in [6.45, 7) is 1.87. The Morgan fingerprint density at radius 1 is 1.31 bits per heavy atom. The molecule has 0 saturated heterocycles. The summed E-state index contributed by atoms with van der Waals surface area (Å²) in [7, 11) is 1.89. The first kappa shape index (κ1) is 10.9. The molecule has 0 radical (unpaired) electrons. The van der Waals surface area contributed by atoms with Gasteiger partial charge in [0.15, 0.2) is 6.29 Å². The Morgan fingerprint density at radius 2 is 1.94 bits per heavy atom. The molecule has 0 unspecified atom stereocenters. The number of aldehydes is 1. The maximum absolute atomic E-state index is 10.8. The van der Waals surface area contributed by atoms with Gasteiger partial charge >= 0.3 is 0 Å². The number of halogens is 1. The number of rotatable bonds is 2. The van der Waals surface area contributed by atoms with Crippen molar-refractivity contribution in [3.05, 3.63) is 40.7 Å². The lowest BCUT2D eigenvalue weighted by atomic mass is 10.2. The number of carbonyl (C=O) groups excluding carboxylic acids is 1. The summed E-state index contributed by atoms with van der Waals surface area (Å²) in [6.07, 6.45) is 0.773. The molecule has 3 nitrogen and oxygen atoms in total. The highest BCUT2D eigenvalue weighted by Gasteiger charge is 2.11. The highest BCUT2D eigenvalue weighted by atomic mass is 35.5. The summed E-state index contributed by atoms with van der Waals surface area (Å²) in [5, 5.41) is 0.685. The lowest BCUT2D eigenvalue weighted by Crippen LogP contribution is -1.94. The fourth-order valence-electron chi connectivity index (χ4n) is 1.57. The second-order valence-corrected chi connectivity index (χ2v) is 4.03. The number of aromatic nitrogens is 2. The molecule has 0 spiro atoms. The number of hydrogen-bond donors (Lipinski definition) is 0. The van der Waals surface area contributed by atoms with Crippen LogP contribution in [0.2, 0.25) is 5.02 Å². The summed E-state index contributed by atoms with van der Waals surface area (Å²) in [5.74, 6) is 0.774. The highest BCUT2D eigenvalue weighted by molar-refractivity contribution is 6.30.